The van der Waals surface area contributed by atoms with Crippen LogP contribution in [0.5, 0.6) is 0 Å². The zero-order valence-corrected chi connectivity index (χ0v) is 6.16. The molecule has 0 aliphatic carbocycles. The van der Waals surface area contributed by atoms with Crippen molar-refractivity contribution in [1.82, 2.24) is 0 Å². The molecule has 0 aromatic heterocycles. The lowest BCUT2D eigenvalue weighted by atomic mass is 10.2. The summed E-state index contributed by atoms with van der Waals surface area (Å²) in [5.74, 6) is 0.0227. The highest BCUT2D eigenvalue weighted by Gasteiger charge is 1.96. The molecule has 0 spiro atoms. The fourth-order valence-corrected chi connectivity index (χ4v) is 0.779. The Hall–Kier alpha value is -1.62. The fraction of sp³-hybridized carbons (Fsp3) is 0.111. The van der Waals surface area contributed by atoms with E-state index in [0.29, 0.717) is 11.1 Å². The molecule has 0 fully saturated rings. The molecular formula is C9H7NO. The third-order valence-corrected chi connectivity index (χ3v) is 1.42. The first kappa shape index (κ1) is 7.49. The van der Waals surface area contributed by atoms with Crippen molar-refractivity contribution in [3.8, 4) is 6.07 Å². The van der Waals surface area contributed by atoms with Crippen molar-refractivity contribution in [2.75, 3.05) is 0 Å². The van der Waals surface area contributed by atoms with Crippen LogP contribution < -0.4 is 0 Å². The maximum atomic E-state index is 10.8. The minimum absolute atomic E-state index is 0.0227. The lowest BCUT2D eigenvalue weighted by Crippen LogP contribution is -1.90. The average molecular weight is 147 g/mol. The minimum atomic E-state index is 0.0227. The van der Waals surface area contributed by atoms with Crippen molar-refractivity contribution in [3.05, 3.63) is 35.4 Å². The van der Waals surface area contributed by atoms with E-state index in [2.05, 4.69) is 0 Å². The topological polar surface area (TPSA) is 40.9 Å². The second-order valence-corrected chi connectivity index (χ2v) is 2.25. The molecule has 0 radical (unpaired) electrons. The number of ketones is 1. The Labute approximate surface area is 65.1 Å². The summed E-state index contributed by atoms with van der Waals surface area (Å²) in [5.41, 5.74) is 1.22. The Bertz CT molecular complexity index is 305. The largest absolute Gasteiger partial charge is 0.295 e. The molecule has 0 aliphatic heterocycles. The van der Waals surface area contributed by atoms with Crippen LogP contribution in [0.15, 0.2) is 24.3 Å². The molecule has 0 unspecified atom stereocenters. The van der Waals surface area contributed by atoms with E-state index >= 15 is 0 Å². The van der Waals surface area contributed by atoms with Gasteiger partial charge in [0.15, 0.2) is 5.78 Å². The molecule has 2 nitrogen and oxygen atoms in total. The molecule has 0 bridgehead atoms. The molecule has 11 heavy (non-hydrogen) atoms. The number of nitriles is 1. The van der Waals surface area contributed by atoms with Gasteiger partial charge in [0, 0.05) is 5.56 Å². The van der Waals surface area contributed by atoms with Gasteiger partial charge in [-0.15, -0.1) is 0 Å². The van der Waals surface area contributed by atoms with Crippen molar-refractivity contribution in [2.24, 2.45) is 0 Å². The smallest absolute Gasteiger partial charge is 0.159 e. The maximum Gasteiger partial charge on any atom is 0.159 e. The van der Waals surface area contributed by atoms with Gasteiger partial charge in [0.25, 0.3) is 0 Å². The number of hydrogen-bond acceptors (Lipinski definition) is 2. The molecule has 1 rings (SSSR count). The summed E-state index contributed by atoms with van der Waals surface area (Å²) in [6.07, 6.45) is 0. The molecule has 0 amide bonds. The molecule has 0 heterocycles. The summed E-state index contributed by atoms with van der Waals surface area (Å²) in [7, 11) is 0. The summed E-state index contributed by atoms with van der Waals surface area (Å²) in [6.45, 7) is 1.50. The molecule has 0 saturated carbocycles. The number of rotatable bonds is 1. The van der Waals surface area contributed by atoms with E-state index in [1.165, 1.54) is 6.92 Å². The number of hydrogen-bond donors (Lipinski definition) is 0. The van der Waals surface area contributed by atoms with E-state index in [9.17, 15) is 4.79 Å². The van der Waals surface area contributed by atoms with Gasteiger partial charge in [0.05, 0.1) is 11.6 Å². The highest BCUT2D eigenvalue weighted by Crippen LogP contribution is 2.03. The predicted molar refractivity (Wildman–Crippen MR) is 41.2 cm³/mol. The van der Waals surface area contributed by atoms with E-state index in [1.54, 1.807) is 24.3 Å². The van der Waals surface area contributed by atoms with Crippen LogP contribution in [0.3, 0.4) is 0 Å². The standard InChI is InChI=1S/C9H7NO/c1-7(11)9-4-2-8(6-10)3-5-9/h2-5H,1H3/i7+2. The van der Waals surface area contributed by atoms with Gasteiger partial charge in [-0.05, 0) is 19.1 Å². The molecular weight excluding hydrogens is 140 g/mol. The van der Waals surface area contributed by atoms with Crippen LogP contribution in [0.4, 0.5) is 0 Å². The second kappa shape index (κ2) is 2.98. The summed E-state index contributed by atoms with van der Waals surface area (Å²) >= 11 is 0. The Kier molecular flexibility index (Phi) is 2.03. The van der Waals surface area contributed by atoms with Crippen LogP contribution >= 0.6 is 0 Å². The summed E-state index contributed by atoms with van der Waals surface area (Å²) in [4.78, 5) is 10.8. The number of benzene rings is 1. The molecule has 0 saturated heterocycles. The average Bonchev–Trinajstić information content (AvgIpc) is 2.05. The van der Waals surface area contributed by atoms with E-state index in [-0.39, 0.29) is 5.78 Å². The third-order valence-electron chi connectivity index (χ3n) is 1.42. The van der Waals surface area contributed by atoms with Crippen LogP contribution in [0.2, 0.25) is 0 Å². The number of nitrogens with zero attached hydrogens (tertiary/aromatic N) is 1. The number of Topliss-reactive ketones (excluding diaryl/α,β-unsaturated/α-hetero) is 1. The SMILES string of the molecule is C[14C](=O)c1ccc(C#N)cc1. The molecule has 0 aliphatic rings. The maximum absolute atomic E-state index is 10.8. The Morgan fingerprint density at radius 3 is 2.27 bits per heavy atom. The van der Waals surface area contributed by atoms with Gasteiger partial charge < -0.3 is 0 Å². The first-order chi connectivity index (χ1) is 5.24. The van der Waals surface area contributed by atoms with Crippen molar-refractivity contribution in [1.29, 1.82) is 5.26 Å². The summed E-state index contributed by atoms with van der Waals surface area (Å²) in [6, 6.07) is 8.56. The van der Waals surface area contributed by atoms with Gasteiger partial charge in [-0.1, -0.05) is 12.1 Å². The first-order valence-corrected chi connectivity index (χ1v) is 3.25. The molecule has 0 atom stereocenters. The molecule has 2 heteroatoms. The van der Waals surface area contributed by atoms with Gasteiger partial charge in [-0.3, -0.25) is 4.79 Å². The van der Waals surface area contributed by atoms with Crippen molar-refractivity contribution in [3.63, 3.8) is 0 Å². The van der Waals surface area contributed by atoms with Crippen LogP contribution in [-0.4, -0.2) is 5.78 Å². The van der Waals surface area contributed by atoms with Crippen molar-refractivity contribution in [2.45, 2.75) is 6.92 Å². The van der Waals surface area contributed by atoms with Crippen LogP contribution in [0.1, 0.15) is 22.8 Å². The summed E-state index contributed by atoms with van der Waals surface area (Å²) in [5, 5.41) is 8.43. The van der Waals surface area contributed by atoms with Crippen molar-refractivity contribution >= 4 is 5.78 Å². The zero-order chi connectivity index (χ0) is 8.27. The van der Waals surface area contributed by atoms with Gasteiger partial charge in [-0.25, -0.2) is 0 Å². The molecule has 1 aromatic carbocycles. The quantitative estimate of drug-likeness (QED) is 0.568. The first-order valence-electron chi connectivity index (χ1n) is 3.25. The Morgan fingerprint density at radius 2 is 1.91 bits per heavy atom. The normalized spacial score (nSPS) is 8.73. The Morgan fingerprint density at radius 1 is 1.36 bits per heavy atom. The summed E-state index contributed by atoms with van der Waals surface area (Å²) < 4.78 is 0. The van der Waals surface area contributed by atoms with Gasteiger partial charge in [-0.2, -0.15) is 5.26 Å². The third kappa shape index (κ3) is 1.65. The van der Waals surface area contributed by atoms with E-state index in [1.807, 2.05) is 6.07 Å². The fourth-order valence-electron chi connectivity index (χ4n) is 0.779. The Balaban J connectivity index is 3.03. The van der Waals surface area contributed by atoms with Gasteiger partial charge in [0.1, 0.15) is 0 Å². The highest BCUT2D eigenvalue weighted by atomic mass is 16.3. The highest BCUT2D eigenvalue weighted by molar-refractivity contribution is 5.94. The lowest BCUT2D eigenvalue weighted by molar-refractivity contribution is 0.101. The number of carbonyl (C=O) groups excluding carboxylic acids is 1. The van der Waals surface area contributed by atoms with Gasteiger partial charge >= 0.3 is 0 Å². The van der Waals surface area contributed by atoms with E-state index < -0.39 is 0 Å². The molecule has 54 valence electrons. The van der Waals surface area contributed by atoms with E-state index in [4.69, 9.17) is 5.26 Å². The monoisotopic (exact) mass is 147 g/mol. The molecule has 1 aromatic rings. The molecule has 0 N–H and O–H groups in total. The van der Waals surface area contributed by atoms with Crippen LogP contribution in [-0.2, 0) is 0 Å². The number of carbonyl (C=O) groups is 1. The zero-order valence-electron chi connectivity index (χ0n) is 6.16. The lowest BCUT2D eigenvalue weighted by Gasteiger charge is -1.92. The second-order valence-electron chi connectivity index (χ2n) is 2.25. The van der Waals surface area contributed by atoms with Crippen LogP contribution in [0, 0.1) is 11.3 Å². The van der Waals surface area contributed by atoms with Crippen molar-refractivity contribution < 1.29 is 4.79 Å². The minimum Gasteiger partial charge on any atom is -0.295 e. The van der Waals surface area contributed by atoms with Gasteiger partial charge in [0.2, 0.25) is 0 Å². The van der Waals surface area contributed by atoms with Crippen LogP contribution in [0.25, 0.3) is 0 Å². The predicted octanol–water partition coefficient (Wildman–Crippen LogP) is 1.76. The van der Waals surface area contributed by atoms with E-state index in [0.717, 1.165) is 0 Å².